The van der Waals surface area contributed by atoms with Gasteiger partial charge >= 0.3 is 0 Å². The van der Waals surface area contributed by atoms with E-state index in [1.165, 1.54) is 7.11 Å². The van der Waals surface area contributed by atoms with Gasteiger partial charge in [-0.15, -0.1) is 0 Å². The number of hydrogen-bond acceptors (Lipinski definition) is 6. The van der Waals surface area contributed by atoms with Crippen molar-refractivity contribution in [3.63, 3.8) is 0 Å². The normalized spacial score (nSPS) is 14.4. The Balaban J connectivity index is 1.51. The molecule has 0 saturated carbocycles. The molecule has 0 N–H and O–H groups in total. The Labute approximate surface area is 244 Å². The lowest BCUT2D eigenvalue weighted by molar-refractivity contribution is -0.122. The molecule has 1 fully saturated rings. The van der Waals surface area contributed by atoms with Crippen LogP contribution in [0.5, 0.6) is 11.5 Å². The van der Waals surface area contributed by atoms with Gasteiger partial charge in [-0.2, -0.15) is 0 Å². The molecule has 0 unspecified atom stereocenters. The van der Waals surface area contributed by atoms with E-state index in [9.17, 15) is 14.4 Å². The standard InChI is InChI=1S/C26H17Br2Cl2NO5S/c1-35-22-9-14(8-19(28)24(22)36-13-16-4-7-18(29)11-20(16)30)10-23-25(33)31(26(34)37-23)12-21(32)15-2-5-17(27)6-3-15/h2-11H,12-13H2,1H3/b23-10+. The van der Waals surface area contributed by atoms with Crippen molar-refractivity contribution in [3.05, 3.63) is 95.2 Å². The van der Waals surface area contributed by atoms with Gasteiger partial charge in [0.1, 0.15) is 6.61 Å². The molecular weight excluding hydrogens is 669 g/mol. The number of thioether (sulfide) groups is 1. The lowest BCUT2D eigenvalue weighted by Gasteiger charge is -2.14. The smallest absolute Gasteiger partial charge is 0.293 e. The van der Waals surface area contributed by atoms with Crippen LogP contribution >= 0.6 is 66.8 Å². The molecule has 0 aromatic heterocycles. The molecule has 11 heteroatoms. The summed E-state index contributed by atoms with van der Waals surface area (Å²) in [6, 6.07) is 15.3. The van der Waals surface area contributed by atoms with Crippen LogP contribution in [0.25, 0.3) is 6.08 Å². The van der Waals surface area contributed by atoms with Crippen LogP contribution in [0.15, 0.2) is 68.4 Å². The first-order valence-electron chi connectivity index (χ1n) is 10.6. The summed E-state index contributed by atoms with van der Waals surface area (Å²) >= 11 is 19.8. The average molecular weight is 686 g/mol. The van der Waals surface area contributed by atoms with Crippen LogP contribution in [0.3, 0.4) is 0 Å². The van der Waals surface area contributed by atoms with Crippen molar-refractivity contribution in [2.45, 2.75) is 6.61 Å². The Morgan fingerprint density at radius 1 is 1.05 bits per heavy atom. The monoisotopic (exact) mass is 683 g/mol. The van der Waals surface area contributed by atoms with Crippen LogP contribution in [0.1, 0.15) is 21.5 Å². The number of benzene rings is 3. The number of methoxy groups -OCH3 is 1. The number of rotatable bonds is 8. The fourth-order valence-electron chi connectivity index (χ4n) is 3.41. The molecule has 1 saturated heterocycles. The molecule has 1 aliphatic rings. The molecule has 6 nitrogen and oxygen atoms in total. The van der Waals surface area contributed by atoms with Gasteiger partial charge in [0.15, 0.2) is 17.3 Å². The molecule has 3 aromatic carbocycles. The number of Topliss-reactive ketones (excluding diaryl/α,β-unsaturated/α-hetero) is 1. The van der Waals surface area contributed by atoms with Crippen LogP contribution in [0.4, 0.5) is 4.79 Å². The summed E-state index contributed by atoms with van der Waals surface area (Å²) in [5.74, 6) is -0.00904. The number of imide groups is 1. The van der Waals surface area contributed by atoms with Crippen LogP contribution in [0.2, 0.25) is 10.0 Å². The number of nitrogens with zero attached hydrogens (tertiary/aromatic N) is 1. The zero-order valence-corrected chi connectivity index (χ0v) is 24.6. The first kappa shape index (κ1) is 27.7. The number of carbonyl (C=O) groups is 3. The second-order valence-electron chi connectivity index (χ2n) is 7.76. The summed E-state index contributed by atoms with van der Waals surface area (Å²) in [7, 11) is 1.50. The second kappa shape index (κ2) is 12.0. The average Bonchev–Trinajstić information content (AvgIpc) is 3.11. The van der Waals surface area contributed by atoms with Gasteiger partial charge in [-0.3, -0.25) is 19.3 Å². The van der Waals surface area contributed by atoms with E-state index in [4.69, 9.17) is 32.7 Å². The summed E-state index contributed by atoms with van der Waals surface area (Å²) in [5.41, 5.74) is 1.76. The van der Waals surface area contributed by atoms with E-state index < -0.39 is 11.1 Å². The Hall–Kier alpha value is -2.30. The lowest BCUT2D eigenvalue weighted by Crippen LogP contribution is -2.33. The predicted molar refractivity (Wildman–Crippen MR) is 153 cm³/mol. The minimum atomic E-state index is -0.534. The maximum Gasteiger partial charge on any atom is 0.293 e. The Morgan fingerprint density at radius 2 is 1.78 bits per heavy atom. The van der Waals surface area contributed by atoms with Crippen molar-refractivity contribution >= 4 is 89.8 Å². The highest BCUT2D eigenvalue weighted by Gasteiger charge is 2.36. The van der Waals surface area contributed by atoms with Crippen molar-refractivity contribution in [1.29, 1.82) is 0 Å². The van der Waals surface area contributed by atoms with Crippen LogP contribution in [-0.4, -0.2) is 35.5 Å². The summed E-state index contributed by atoms with van der Waals surface area (Å²) in [6.07, 6.45) is 1.57. The fourth-order valence-corrected chi connectivity index (χ4v) is 5.55. The van der Waals surface area contributed by atoms with Gasteiger partial charge in [0.05, 0.1) is 23.0 Å². The third kappa shape index (κ3) is 6.59. The molecule has 0 spiro atoms. The zero-order valence-electron chi connectivity index (χ0n) is 19.1. The van der Waals surface area contributed by atoms with E-state index in [1.807, 2.05) is 0 Å². The van der Waals surface area contributed by atoms with E-state index in [0.29, 0.717) is 37.1 Å². The minimum absolute atomic E-state index is 0.176. The lowest BCUT2D eigenvalue weighted by atomic mass is 10.1. The Bertz CT molecular complexity index is 1430. The Kier molecular flexibility index (Phi) is 9.03. The number of halogens is 4. The number of carbonyl (C=O) groups excluding carboxylic acids is 3. The molecule has 3 aromatic rings. The van der Waals surface area contributed by atoms with Gasteiger partial charge in [-0.1, -0.05) is 57.3 Å². The molecule has 2 amide bonds. The van der Waals surface area contributed by atoms with E-state index in [2.05, 4.69) is 31.9 Å². The summed E-state index contributed by atoms with van der Waals surface area (Å²) < 4.78 is 12.8. The summed E-state index contributed by atoms with van der Waals surface area (Å²) in [5, 5.41) is 0.500. The third-order valence-electron chi connectivity index (χ3n) is 5.28. The van der Waals surface area contributed by atoms with E-state index >= 15 is 0 Å². The molecule has 0 aliphatic carbocycles. The van der Waals surface area contributed by atoms with Gasteiger partial charge in [0, 0.05) is 25.6 Å². The topological polar surface area (TPSA) is 72.9 Å². The van der Waals surface area contributed by atoms with Gasteiger partial charge in [-0.05, 0) is 75.7 Å². The van der Waals surface area contributed by atoms with Gasteiger partial charge in [0.2, 0.25) is 0 Å². The van der Waals surface area contributed by atoms with Crippen molar-refractivity contribution < 1.29 is 23.9 Å². The van der Waals surface area contributed by atoms with Crippen molar-refractivity contribution in [1.82, 2.24) is 4.90 Å². The van der Waals surface area contributed by atoms with Crippen molar-refractivity contribution in [3.8, 4) is 11.5 Å². The maximum atomic E-state index is 12.9. The SMILES string of the molecule is COc1cc(/C=C2/SC(=O)N(CC(=O)c3ccc(Br)cc3)C2=O)cc(Br)c1OCc1ccc(Cl)cc1Cl. The van der Waals surface area contributed by atoms with Crippen molar-refractivity contribution in [2.75, 3.05) is 13.7 Å². The second-order valence-corrected chi connectivity index (χ2v) is 11.4. The molecule has 37 heavy (non-hydrogen) atoms. The van der Waals surface area contributed by atoms with Crippen LogP contribution in [-0.2, 0) is 11.4 Å². The molecule has 4 rings (SSSR count). The largest absolute Gasteiger partial charge is 0.493 e. The molecule has 1 heterocycles. The number of hydrogen-bond donors (Lipinski definition) is 0. The number of amides is 2. The molecular formula is C26H17Br2Cl2NO5S. The molecule has 0 bridgehead atoms. The van der Waals surface area contributed by atoms with E-state index in [1.54, 1.807) is 60.7 Å². The van der Waals surface area contributed by atoms with Gasteiger partial charge in [-0.25, -0.2) is 0 Å². The quantitative estimate of drug-likeness (QED) is 0.177. The van der Waals surface area contributed by atoms with Gasteiger partial charge < -0.3 is 9.47 Å². The maximum absolute atomic E-state index is 12.9. The van der Waals surface area contributed by atoms with Crippen molar-refractivity contribution in [2.24, 2.45) is 0 Å². The molecule has 190 valence electrons. The van der Waals surface area contributed by atoms with E-state index in [-0.39, 0.29) is 23.8 Å². The Morgan fingerprint density at radius 3 is 2.46 bits per heavy atom. The number of ether oxygens (including phenoxy) is 2. The highest BCUT2D eigenvalue weighted by molar-refractivity contribution is 9.10. The fraction of sp³-hybridized carbons (Fsp3) is 0.115. The predicted octanol–water partition coefficient (Wildman–Crippen LogP) is 8.03. The van der Waals surface area contributed by atoms with E-state index in [0.717, 1.165) is 26.7 Å². The first-order valence-corrected chi connectivity index (χ1v) is 13.8. The van der Waals surface area contributed by atoms with Crippen LogP contribution in [0, 0.1) is 0 Å². The minimum Gasteiger partial charge on any atom is -0.493 e. The van der Waals surface area contributed by atoms with Gasteiger partial charge in [0.25, 0.3) is 11.1 Å². The first-order chi connectivity index (χ1) is 17.7. The van der Waals surface area contributed by atoms with Crippen LogP contribution < -0.4 is 9.47 Å². The third-order valence-corrected chi connectivity index (χ3v) is 7.89. The highest BCUT2D eigenvalue weighted by Crippen LogP contribution is 2.40. The molecule has 1 aliphatic heterocycles. The summed E-state index contributed by atoms with van der Waals surface area (Å²) in [6.45, 7) is -0.160. The molecule has 0 atom stereocenters. The highest BCUT2D eigenvalue weighted by atomic mass is 79.9. The number of ketones is 1. The summed E-state index contributed by atoms with van der Waals surface area (Å²) in [4.78, 5) is 39.2. The zero-order chi connectivity index (χ0) is 26.7. The molecule has 0 radical (unpaired) electrons.